The van der Waals surface area contributed by atoms with Crippen LogP contribution in [0.1, 0.15) is 24.4 Å². The Bertz CT molecular complexity index is 1170. The largest absolute Gasteiger partial charge is 0.369 e. The molecule has 3 heterocycles. The SMILES string of the molecule is O=C1CCC(n2[nH]c3cc(N4CCN(Cc5ccccc5)CC4)ccc3c2=O)C(=O)N1. The number of carbonyl (C=O) groups is 2. The van der Waals surface area contributed by atoms with E-state index in [1.807, 2.05) is 24.3 Å². The summed E-state index contributed by atoms with van der Waals surface area (Å²) in [6.45, 7) is 4.73. The van der Waals surface area contributed by atoms with Crippen molar-refractivity contribution in [2.24, 2.45) is 0 Å². The first-order valence-corrected chi connectivity index (χ1v) is 10.7. The van der Waals surface area contributed by atoms with Crippen molar-refractivity contribution in [1.29, 1.82) is 0 Å². The van der Waals surface area contributed by atoms with Crippen molar-refractivity contribution in [2.75, 3.05) is 31.1 Å². The number of rotatable bonds is 4. The zero-order valence-corrected chi connectivity index (χ0v) is 17.2. The number of carbonyl (C=O) groups excluding carboxylic acids is 2. The van der Waals surface area contributed by atoms with Crippen LogP contribution in [-0.4, -0.2) is 52.7 Å². The van der Waals surface area contributed by atoms with Crippen LogP contribution in [0.4, 0.5) is 5.69 Å². The molecule has 31 heavy (non-hydrogen) atoms. The number of hydrogen-bond donors (Lipinski definition) is 2. The van der Waals surface area contributed by atoms with E-state index in [1.54, 1.807) is 0 Å². The zero-order valence-electron chi connectivity index (χ0n) is 17.2. The number of nitrogens with one attached hydrogen (secondary N) is 2. The molecule has 5 rings (SSSR count). The maximum atomic E-state index is 12.8. The third-order valence-electron chi connectivity index (χ3n) is 6.20. The van der Waals surface area contributed by atoms with Crippen molar-refractivity contribution in [3.05, 3.63) is 64.4 Å². The number of piperazine rings is 1. The van der Waals surface area contributed by atoms with Gasteiger partial charge in [-0.2, -0.15) is 0 Å². The van der Waals surface area contributed by atoms with Crippen LogP contribution in [-0.2, 0) is 16.1 Å². The lowest BCUT2D eigenvalue weighted by atomic mass is 10.1. The van der Waals surface area contributed by atoms with Gasteiger partial charge in [0.1, 0.15) is 6.04 Å². The Morgan fingerprint density at radius 1 is 0.935 bits per heavy atom. The number of H-pyrrole nitrogens is 1. The van der Waals surface area contributed by atoms with Crippen molar-refractivity contribution in [3.63, 3.8) is 0 Å². The van der Waals surface area contributed by atoms with Crippen LogP contribution in [0.3, 0.4) is 0 Å². The van der Waals surface area contributed by atoms with Crippen LogP contribution in [0.25, 0.3) is 10.9 Å². The molecule has 0 bridgehead atoms. The summed E-state index contributed by atoms with van der Waals surface area (Å²) in [7, 11) is 0. The smallest absolute Gasteiger partial charge is 0.275 e. The minimum atomic E-state index is -0.678. The van der Waals surface area contributed by atoms with Gasteiger partial charge in [-0.3, -0.25) is 29.7 Å². The van der Waals surface area contributed by atoms with Crippen LogP contribution >= 0.6 is 0 Å². The van der Waals surface area contributed by atoms with Gasteiger partial charge in [0.25, 0.3) is 11.5 Å². The van der Waals surface area contributed by atoms with Gasteiger partial charge in [0, 0.05) is 44.8 Å². The Kier molecular flexibility index (Phi) is 5.07. The molecule has 2 fully saturated rings. The Balaban J connectivity index is 1.31. The molecule has 2 saturated heterocycles. The van der Waals surface area contributed by atoms with E-state index in [1.165, 1.54) is 10.2 Å². The van der Waals surface area contributed by atoms with Crippen LogP contribution in [0.15, 0.2) is 53.3 Å². The second kappa shape index (κ2) is 8.03. The van der Waals surface area contributed by atoms with Gasteiger partial charge in [-0.15, -0.1) is 0 Å². The average Bonchev–Trinajstić information content (AvgIpc) is 3.10. The highest BCUT2D eigenvalue weighted by Gasteiger charge is 2.30. The van der Waals surface area contributed by atoms with E-state index in [0.29, 0.717) is 17.3 Å². The minimum Gasteiger partial charge on any atom is -0.369 e. The van der Waals surface area contributed by atoms with E-state index in [-0.39, 0.29) is 17.9 Å². The molecule has 3 aromatic rings. The molecule has 8 heteroatoms. The summed E-state index contributed by atoms with van der Waals surface area (Å²) in [6, 6.07) is 15.6. The molecule has 0 radical (unpaired) electrons. The summed E-state index contributed by atoms with van der Waals surface area (Å²) >= 11 is 0. The van der Waals surface area contributed by atoms with Gasteiger partial charge < -0.3 is 4.90 Å². The average molecular weight is 419 g/mol. The van der Waals surface area contributed by atoms with Gasteiger partial charge in [0.2, 0.25) is 5.91 Å². The highest BCUT2D eigenvalue weighted by Crippen LogP contribution is 2.23. The van der Waals surface area contributed by atoms with Gasteiger partial charge in [0.05, 0.1) is 10.9 Å². The van der Waals surface area contributed by atoms with Gasteiger partial charge in [-0.25, -0.2) is 4.68 Å². The third-order valence-corrected chi connectivity index (χ3v) is 6.20. The first kappa shape index (κ1) is 19.6. The first-order valence-electron chi connectivity index (χ1n) is 10.7. The van der Waals surface area contributed by atoms with Crippen molar-refractivity contribution in [3.8, 4) is 0 Å². The Morgan fingerprint density at radius 2 is 1.71 bits per heavy atom. The summed E-state index contributed by atoms with van der Waals surface area (Å²) in [4.78, 5) is 41.2. The molecule has 0 spiro atoms. The fourth-order valence-corrected chi connectivity index (χ4v) is 4.47. The highest BCUT2D eigenvalue weighted by atomic mass is 16.2. The quantitative estimate of drug-likeness (QED) is 0.628. The van der Waals surface area contributed by atoms with Crippen LogP contribution in [0.5, 0.6) is 0 Å². The summed E-state index contributed by atoms with van der Waals surface area (Å²) < 4.78 is 1.36. The molecule has 2 amide bonds. The predicted molar refractivity (Wildman–Crippen MR) is 118 cm³/mol. The van der Waals surface area contributed by atoms with Gasteiger partial charge in [-0.05, 0) is 30.2 Å². The molecule has 2 aliphatic heterocycles. The maximum Gasteiger partial charge on any atom is 0.275 e. The molecule has 160 valence electrons. The number of fused-ring (bicyclic) bond motifs is 1. The van der Waals surface area contributed by atoms with Crippen LogP contribution < -0.4 is 15.8 Å². The lowest BCUT2D eigenvalue weighted by molar-refractivity contribution is -0.136. The zero-order chi connectivity index (χ0) is 21.4. The van der Waals surface area contributed by atoms with Gasteiger partial charge in [-0.1, -0.05) is 30.3 Å². The number of aromatic amines is 1. The number of imide groups is 1. The Hall–Kier alpha value is -3.39. The number of anilines is 1. The van der Waals surface area contributed by atoms with Crippen molar-refractivity contribution >= 4 is 28.4 Å². The molecular formula is C23H25N5O3. The normalized spacial score (nSPS) is 20.3. The Labute approximate surface area is 179 Å². The van der Waals surface area contributed by atoms with E-state index in [4.69, 9.17) is 0 Å². The molecule has 2 aromatic carbocycles. The molecule has 0 aliphatic carbocycles. The summed E-state index contributed by atoms with van der Waals surface area (Å²) in [5.74, 6) is -0.723. The Morgan fingerprint density at radius 3 is 2.45 bits per heavy atom. The number of benzene rings is 2. The number of nitrogens with zero attached hydrogens (tertiary/aromatic N) is 3. The second-order valence-corrected chi connectivity index (χ2v) is 8.23. The lowest BCUT2D eigenvalue weighted by Gasteiger charge is -2.36. The van der Waals surface area contributed by atoms with E-state index in [2.05, 4.69) is 44.5 Å². The molecule has 2 aliphatic rings. The van der Waals surface area contributed by atoms with E-state index in [9.17, 15) is 14.4 Å². The fraction of sp³-hybridized carbons (Fsp3) is 0.348. The molecule has 1 atom stereocenters. The fourth-order valence-electron chi connectivity index (χ4n) is 4.47. The second-order valence-electron chi connectivity index (χ2n) is 8.23. The number of aromatic nitrogens is 2. The molecule has 1 unspecified atom stereocenters. The minimum absolute atomic E-state index is 0.233. The lowest BCUT2D eigenvalue weighted by Crippen LogP contribution is -2.45. The number of hydrogen-bond acceptors (Lipinski definition) is 5. The topological polar surface area (TPSA) is 90.4 Å². The molecular weight excluding hydrogens is 394 g/mol. The molecule has 0 saturated carbocycles. The van der Waals surface area contributed by atoms with E-state index >= 15 is 0 Å². The standard InChI is InChI=1S/C23H25N5O3/c29-21-9-8-20(22(30)24-21)28-23(31)18-7-6-17(14-19(18)25-28)27-12-10-26(11-13-27)15-16-4-2-1-3-5-16/h1-7,14,20,25H,8-13,15H2,(H,24,29,30). The highest BCUT2D eigenvalue weighted by molar-refractivity contribution is 5.99. The van der Waals surface area contributed by atoms with Gasteiger partial charge in [0.15, 0.2) is 0 Å². The first-order chi connectivity index (χ1) is 15.1. The van der Waals surface area contributed by atoms with E-state index < -0.39 is 11.9 Å². The van der Waals surface area contributed by atoms with Crippen LogP contribution in [0, 0.1) is 0 Å². The number of amides is 2. The van der Waals surface area contributed by atoms with Crippen LogP contribution in [0.2, 0.25) is 0 Å². The summed E-state index contributed by atoms with van der Waals surface area (Å²) in [6.07, 6.45) is 0.560. The molecule has 2 N–H and O–H groups in total. The van der Waals surface area contributed by atoms with Gasteiger partial charge >= 0.3 is 0 Å². The summed E-state index contributed by atoms with van der Waals surface area (Å²) in [5, 5.41) is 5.96. The maximum absolute atomic E-state index is 12.8. The van der Waals surface area contributed by atoms with E-state index in [0.717, 1.165) is 38.4 Å². The van der Waals surface area contributed by atoms with Crippen molar-refractivity contribution in [1.82, 2.24) is 20.0 Å². The monoisotopic (exact) mass is 419 g/mol. The molecule has 8 nitrogen and oxygen atoms in total. The third kappa shape index (κ3) is 3.86. The summed E-state index contributed by atoms with van der Waals surface area (Å²) in [5.41, 5.74) is 2.86. The van der Waals surface area contributed by atoms with Crippen molar-refractivity contribution < 1.29 is 9.59 Å². The molecule has 1 aromatic heterocycles. The van der Waals surface area contributed by atoms with Crippen molar-refractivity contribution in [2.45, 2.75) is 25.4 Å². The predicted octanol–water partition coefficient (Wildman–Crippen LogP) is 1.63. The number of piperidine rings is 1.